The Morgan fingerprint density at radius 1 is 0.962 bits per heavy atom. The largest absolute Gasteiger partial charge is 0.349 e. The number of nitrogens with zero attached hydrogens (tertiary/aromatic N) is 4. The molecule has 0 aliphatic heterocycles. The lowest BCUT2D eigenvalue weighted by molar-refractivity contribution is 0.0947. The summed E-state index contributed by atoms with van der Waals surface area (Å²) in [6.45, 7) is 1.08. The van der Waals surface area contributed by atoms with Gasteiger partial charge in [-0.15, -0.1) is 0 Å². The quantitative estimate of drug-likeness (QED) is 0.605. The summed E-state index contributed by atoms with van der Waals surface area (Å²) in [7, 11) is 0. The zero-order valence-electron chi connectivity index (χ0n) is 14.0. The first-order chi connectivity index (χ1) is 12.8. The van der Waals surface area contributed by atoms with Gasteiger partial charge in [-0.05, 0) is 24.3 Å². The normalized spacial score (nSPS) is 10.8. The first kappa shape index (κ1) is 16.0. The maximum Gasteiger partial charge on any atom is 0.269 e. The van der Waals surface area contributed by atoms with Crippen molar-refractivity contribution in [1.29, 1.82) is 0 Å². The zero-order valence-corrected chi connectivity index (χ0v) is 14.0. The van der Waals surface area contributed by atoms with Crippen molar-refractivity contribution in [3.05, 3.63) is 78.9 Å². The van der Waals surface area contributed by atoms with Gasteiger partial charge in [0.2, 0.25) is 0 Å². The number of fused-ring (bicyclic) bond motifs is 1. The molecule has 0 saturated heterocycles. The van der Waals surface area contributed by atoms with Gasteiger partial charge in [-0.3, -0.25) is 9.78 Å². The van der Waals surface area contributed by atoms with Gasteiger partial charge >= 0.3 is 0 Å². The molecule has 4 aromatic rings. The minimum absolute atomic E-state index is 0.185. The number of imidazole rings is 1. The Balaban J connectivity index is 1.42. The summed E-state index contributed by atoms with van der Waals surface area (Å²) in [5.74, 6) is 0.596. The van der Waals surface area contributed by atoms with Crippen LogP contribution in [0.2, 0.25) is 0 Å². The van der Waals surface area contributed by atoms with E-state index < -0.39 is 0 Å². The molecular weight excluding hydrogens is 326 g/mol. The summed E-state index contributed by atoms with van der Waals surface area (Å²) < 4.78 is 1.97. The molecule has 1 aromatic carbocycles. The van der Waals surface area contributed by atoms with Crippen LogP contribution in [0.5, 0.6) is 0 Å². The third-order valence-corrected chi connectivity index (χ3v) is 4.08. The fourth-order valence-electron chi connectivity index (χ4n) is 2.79. The van der Waals surface area contributed by atoms with Crippen LogP contribution in [0, 0.1) is 0 Å². The van der Waals surface area contributed by atoms with Crippen molar-refractivity contribution < 1.29 is 4.79 Å². The average molecular weight is 343 g/mol. The minimum atomic E-state index is -0.185. The van der Waals surface area contributed by atoms with Crippen LogP contribution in [0.1, 0.15) is 10.5 Å². The summed E-state index contributed by atoms with van der Waals surface area (Å²) in [6.07, 6.45) is 5.35. The molecule has 0 atom stereocenters. The van der Waals surface area contributed by atoms with Crippen molar-refractivity contribution in [3.8, 4) is 11.5 Å². The van der Waals surface area contributed by atoms with Gasteiger partial charge in [0.25, 0.3) is 5.91 Å². The van der Waals surface area contributed by atoms with Crippen LogP contribution in [-0.4, -0.2) is 32.0 Å². The Hall–Kier alpha value is -3.54. The van der Waals surface area contributed by atoms with Crippen LogP contribution in [0.15, 0.2) is 73.2 Å². The second-order valence-corrected chi connectivity index (χ2v) is 5.80. The number of aromatic nitrogens is 4. The van der Waals surface area contributed by atoms with E-state index in [1.807, 2.05) is 59.3 Å². The summed E-state index contributed by atoms with van der Waals surface area (Å²) >= 11 is 0. The lowest BCUT2D eigenvalue weighted by Gasteiger charge is -2.09. The molecule has 3 aromatic heterocycles. The van der Waals surface area contributed by atoms with Gasteiger partial charge in [-0.2, -0.15) is 0 Å². The minimum Gasteiger partial charge on any atom is -0.349 e. The highest BCUT2D eigenvalue weighted by atomic mass is 16.1. The number of hydrogen-bond donors (Lipinski definition) is 1. The van der Waals surface area contributed by atoms with Crippen molar-refractivity contribution >= 4 is 16.8 Å². The second kappa shape index (κ2) is 7.14. The highest BCUT2D eigenvalue weighted by Gasteiger charge is 2.09. The summed E-state index contributed by atoms with van der Waals surface area (Å²) in [5, 5.41) is 3.93. The predicted octanol–water partition coefficient (Wildman–Crippen LogP) is 2.92. The van der Waals surface area contributed by atoms with Gasteiger partial charge in [0.1, 0.15) is 11.4 Å². The van der Waals surface area contributed by atoms with Gasteiger partial charge in [0.05, 0.1) is 5.52 Å². The van der Waals surface area contributed by atoms with Crippen molar-refractivity contribution in [3.63, 3.8) is 0 Å². The van der Waals surface area contributed by atoms with E-state index in [-0.39, 0.29) is 5.91 Å². The zero-order chi connectivity index (χ0) is 17.8. The first-order valence-corrected chi connectivity index (χ1v) is 8.38. The van der Waals surface area contributed by atoms with E-state index in [4.69, 9.17) is 0 Å². The van der Waals surface area contributed by atoms with E-state index in [9.17, 15) is 4.79 Å². The highest BCUT2D eigenvalue weighted by molar-refractivity contribution is 5.94. The molecule has 0 fully saturated rings. The van der Waals surface area contributed by atoms with Gasteiger partial charge in [-0.25, -0.2) is 9.97 Å². The predicted molar refractivity (Wildman–Crippen MR) is 99.5 cm³/mol. The fourth-order valence-corrected chi connectivity index (χ4v) is 2.79. The first-order valence-electron chi connectivity index (χ1n) is 8.38. The Labute approximate surface area is 150 Å². The molecule has 0 bridgehead atoms. The van der Waals surface area contributed by atoms with Gasteiger partial charge in [0.15, 0.2) is 5.82 Å². The van der Waals surface area contributed by atoms with Gasteiger partial charge < -0.3 is 9.88 Å². The van der Waals surface area contributed by atoms with Crippen molar-refractivity contribution in [2.24, 2.45) is 0 Å². The van der Waals surface area contributed by atoms with Crippen molar-refractivity contribution in [1.82, 2.24) is 24.8 Å². The van der Waals surface area contributed by atoms with Gasteiger partial charge in [0, 0.05) is 37.1 Å². The number of benzene rings is 1. The molecule has 26 heavy (non-hydrogen) atoms. The summed E-state index contributed by atoms with van der Waals surface area (Å²) in [4.78, 5) is 25.4. The molecule has 1 N–H and O–H groups in total. The van der Waals surface area contributed by atoms with Crippen LogP contribution >= 0.6 is 0 Å². The molecule has 4 rings (SSSR count). The molecule has 6 nitrogen and oxygen atoms in total. The number of rotatable bonds is 5. The van der Waals surface area contributed by atoms with E-state index in [1.165, 1.54) is 0 Å². The van der Waals surface area contributed by atoms with Crippen LogP contribution in [-0.2, 0) is 6.54 Å². The summed E-state index contributed by atoms with van der Waals surface area (Å²) in [5.41, 5.74) is 2.03. The number of pyridine rings is 2. The molecule has 0 spiro atoms. The number of amides is 1. The average Bonchev–Trinajstić information content (AvgIpc) is 3.17. The van der Waals surface area contributed by atoms with Crippen molar-refractivity contribution in [2.75, 3.05) is 6.54 Å². The Bertz CT molecular complexity index is 1040. The van der Waals surface area contributed by atoms with Crippen LogP contribution in [0.4, 0.5) is 0 Å². The molecule has 0 aliphatic carbocycles. The number of carbonyl (C=O) groups excluding carboxylic acids is 1. The van der Waals surface area contributed by atoms with E-state index in [1.54, 1.807) is 18.5 Å². The molecule has 1 amide bonds. The van der Waals surface area contributed by atoms with E-state index >= 15 is 0 Å². The fraction of sp³-hybridized carbons (Fsp3) is 0.100. The lowest BCUT2D eigenvalue weighted by atomic mass is 10.2. The molecule has 3 heterocycles. The SMILES string of the molecule is O=C(NCCn1ccnc1-c1ccccn1)c1ccc2ccccc2n1. The van der Waals surface area contributed by atoms with Crippen LogP contribution in [0.3, 0.4) is 0 Å². The summed E-state index contributed by atoms with van der Waals surface area (Å²) in [6, 6.07) is 17.1. The Kier molecular flexibility index (Phi) is 4.38. The van der Waals surface area contributed by atoms with Gasteiger partial charge in [-0.1, -0.05) is 30.3 Å². The second-order valence-electron chi connectivity index (χ2n) is 5.80. The molecule has 0 aliphatic rings. The smallest absolute Gasteiger partial charge is 0.269 e. The third-order valence-electron chi connectivity index (χ3n) is 4.08. The molecule has 128 valence electrons. The highest BCUT2D eigenvalue weighted by Crippen LogP contribution is 2.14. The number of nitrogens with one attached hydrogen (secondary N) is 1. The molecule has 0 saturated carbocycles. The number of carbonyl (C=O) groups is 1. The molecule has 0 radical (unpaired) electrons. The van der Waals surface area contributed by atoms with E-state index in [0.717, 1.165) is 22.4 Å². The Morgan fingerprint density at radius 3 is 2.73 bits per heavy atom. The lowest BCUT2D eigenvalue weighted by Crippen LogP contribution is -2.28. The van der Waals surface area contributed by atoms with E-state index in [2.05, 4.69) is 20.3 Å². The van der Waals surface area contributed by atoms with Crippen molar-refractivity contribution in [2.45, 2.75) is 6.54 Å². The maximum absolute atomic E-state index is 12.4. The van der Waals surface area contributed by atoms with Crippen LogP contribution < -0.4 is 5.32 Å². The van der Waals surface area contributed by atoms with E-state index in [0.29, 0.717) is 18.8 Å². The standard InChI is InChI=1S/C20H17N5O/c26-20(18-9-8-15-5-1-2-6-16(15)24-18)23-12-14-25-13-11-22-19(25)17-7-3-4-10-21-17/h1-11,13H,12,14H2,(H,23,26). The number of para-hydroxylation sites is 1. The van der Waals surface area contributed by atoms with Crippen LogP contribution in [0.25, 0.3) is 22.4 Å². The molecule has 6 heteroatoms. The molecule has 0 unspecified atom stereocenters. The molecular formula is C20H17N5O. The third kappa shape index (κ3) is 3.30. The maximum atomic E-state index is 12.4. The Morgan fingerprint density at radius 2 is 1.85 bits per heavy atom. The number of hydrogen-bond acceptors (Lipinski definition) is 4. The monoisotopic (exact) mass is 343 g/mol. The topological polar surface area (TPSA) is 72.7 Å².